The van der Waals surface area contributed by atoms with Crippen LogP contribution in [-0.2, 0) is 9.53 Å². The van der Waals surface area contributed by atoms with Crippen molar-refractivity contribution in [3.63, 3.8) is 0 Å². The van der Waals surface area contributed by atoms with E-state index in [2.05, 4.69) is 12.2 Å². The number of carbonyl (C=O) groups excluding carboxylic acids is 1. The van der Waals surface area contributed by atoms with E-state index in [9.17, 15) is 4.79 Å². The monoisotopic (exact) mass is 226 g/mol. The molecule has 1 aliphatic carbocycles. The van der Waals surface area contributed by atoms with Gasteiger partial charge < -0.3 is 15.8 Å². The van der Waals surface area contributed by atoms with Crippen LogP contribution in [0.25, 0.3) is 0 Å². The van der Waals surface area contributed by atoms with E-state index in [1.165, 1.54) is 12.8 Å². The number of nitrogens with one attached hydrogen (secondary N) is 1. The normalized spacial score (nSPS) is 34.9. The Morgan fingerprint density at radius 3 is 2.88 bits per heavy atom. The quantitative estimate of drug-likeness (QED) is 0.728. The van der Waals surface area contributed by atoms with Gasteiger partial charge in [-0.1, -0.05) is 6.92 Å². The van der Waals surface area contributed by atoms with Gasteiger partial charge in [-0.2, -0.15) is 0 Å². The standard InChI is InChI=1S/C12H22N2O2/c1-2-10-7-12(11(13)15,5-6-16-10)14-8-9-3-4-9/h9-10,14H,2-8H2,1H3,(H2,13,15). The van der Waals surface area contributed by atoms with Crippen LogP contribution in [0.4, 0.5) is 0 Å². The molecule has 0 aromatic rings. The molecule has 2 aliphatic rings. The number of amides is 1. The first-order valence-electron chi connectivity index (χ1n) is 6.33. The number of carbonyl (C=O) groups is 1. The predicted molar refractivity (Wildman–Crippen MR) is 61.9 cm³/mol. The summed E-state index contributed by atoms with van der Waals surface area (Å²) in [5, 5.41) is 3.41. The van der Waals surface area contributed by atoms with Gasteiger partial charge in [-0.3, -0.25) is 4.79 Å². The third-order valence-corrected chi connectivity index (χ3v) is 3.81. The highest BCUT2D eigenvalue weighted by Gasteiger charge is 2.42. The van der Waals surface area contributed by atoms with Crippen LogP contribution in [0.1, 0.15) is 39.0 Å². The van der Waals surface area contributed by atoms with Crippen molar-refractivity contribution in [2.75, 3.05) is 13.2 Å². The zero-order valence-electron chi connectivity index (χ0n) is 10.00. The second-order valence-electron chi connectivity index (χ2n) is 5.13. The number of hydrogen-bond donors (Lipinski definition) is 2. The van der Waals surface area contributed by atoms with E-state index in [-0.39, 0.29) is 12.0 Å². The minimum Gasteiger partial charge on any atom is -0.378 e. The molecule has 1 saturated carbocycles. The Morgan fingerprint density at radius 1 is 1.56 bits per heavy atom. The molecule has 1 heterocycles. The van der Waals surface area contributed by atoms with Gasteiger partial charge in [-0.05, 0) is 38.1 Å². The van der Waals surface area contributed by atoms with E-state index < -0.39 is 5.54 Å². The molecule has 1 aliphatic heterocycles. The Bertz CT molecular complexity index is 266. The lowest BCUT2D eigenvalue weighted by Crippen LogP contribution is -2.60. The smallest absolute Gasteiger partial charge is 0.237 e. The zero-order valence-corrected chi connectivity index (χ0v) is 10.00. The summed E-state index contributed by atoms with van der Waals surface area (Å²) in [7, 11) is 0. The van der Waals surface area contributed by atoms with Crippen molar-refractivity contribution >= 4 is 5.91 Å². The predicted octanol–water partition coefficient (Wildman–Crippen LogP) is 0.799. The lowest BCUT2D eigenvalue weighted by molar-refractivity contribution is -0.131. The fourth-order valence-corrected chi connectivity index (χ4v) is 2.34. The summed E-state index contributed by atoms with van der Waals surface area (Å²) in [5.41, 5.74) is 5.06. The summed E-state index contributed by atoms with van der Waals surface area (Å²) in [6.45, 7) is 3.65. The Balaban J connectivity index is 1.97. The summed E-state index contributed by atoms with van der Waals surface area (Å²) < 4.78 is 5.61. The van der Waals surface area contributed by atoms with Crippen molar-refractivity contribution in [1.82, 2.24) is 5.32 Å². The Hall–Kier alpha value is -0.610. The van der Waals surface area contributed by atoms with Crippen molar-refractivity contribution in [2.24, 2.45) is 11.7 Å². The third kappa shape index (κ3) is 2.55. The van der Waals surface area contributed by atoms with Gasteiger partial charge in [0.2, 0.25) is 5.91 Å². The van der Waals surface area contributed by atoms with Gasteiger partial charge in [0.15, 0.2) is 0 Å². The zero-order chi connectivity index (χ0) is 11.6. The van der Waals surface area contributed by atoms with Crippen LogP contribution in [-0.4, -0.2) is 30.7 Å². The highest BCUT2D eigenvalue weighted by atomic mass is 16.5. The van der Waals surface area contributed by atoms with Crippen LogP contribution < -0.4 is 11.1 Å². The maximum Gasteiger partial charge on any atom is 0.237 e. The van der Waals surface area contributed by atoms with Gasteiger partial charge in [0.25, 0.3) is 0 Å². The van der Waals surface area contributed by atoms with Crippen molar-refractivity contribution in [3.05, 3.63) is 0 Å². The highest BCUT2D eigenvalue weighted by molar-refractivity contribution is 5.84. The molecule has 2 fully saturated rings. The Morgan fingerprint density at radius 2 is 2.31 bits per heavy atom. The molecule has 1 saturated heterocycles. The van der Waals surface area contributed by atoms with E-state index in [1.807, 2.05) is 0 Å². The average molecular weight is 226 g/mol. The molecule has 0 bridgehead atoms. The maximum atomic E-state index is 11.7. The molecule has 4 nitrogen and oxygen atoms in total. The first kappa shape index (κ1) is 11.9. The summed E-state index contributed by atoms with van der Waals surface area (Å²) in [6, 6.07) is 0. The van der Waals surface area contributed by atoms with E-state index in [0.717, 1.165) is 25.3 Å². The molecule has 2 atom stereocenters. The lowest BCUT2D eigenvalue weighted by atomic mass is 9.85. The average Bonchev–Trinajstić information content (AvgIpc) is 3.10. The largest absolute Gasteiger partial charge is 0.378 e. The molecule has 0 aromatic carbocycles. The number of primary amides is 1. The van der Waals surface area contributed by atoms with Crippen LogP contribution in [0.5, 0.6) is 0 Å². The van der Waals surface area contributed by atoms with Gasteiger partial charge >= 0.3 is 0 Å². The summed E-state index contributed by atoms with van der Waals surface area (Å²) in [6.07, 6.45) is 5.13. The first-order chi connectivity index (χ1) is 7.66. The molecule has 0 spiro atoms. The Kier molecular flexibility index (Phi) is 3.50. The van der Waals surface area contributed by atoms with E-state index in [0.29, 0.717) is 13.0 Å². The Labute approximate surface area is 96.9 Å². The minimum absolute atomic E-state index is 0.174. The number of ether oxygens (including phenoxy) is 1. The van der Waals surface area contributed by atoms with Gasteiger partial charge in [-0.15, -0.1) is 0 Å². The second-order valence-corrected chi connectivity index (χ2v) is 5.13. The van der Waals surface area contributed by atoms with Gasteiger partial charge in [0.1, 0.15) is 5.54 Å². The van der Waals surface area contributed by atoms with Crippen LogP contribution >= 0.6 is 0 Å². The fourth-order valence-electron chi connectivity index (χ4n) is 2.34. The molecule has 0 radical (unpaired) electrons. The molecule has 16 heavy (non-hydrogen) atoms. The van der Waals surface area contributed by atoms with E-state index >= 15 is 0 Å². The molecule has 92 valence electrons. The van der Waals surface area contributed by atoms with E-state index in [4.69, 9.17) is 10.5 Å². The van der Waals surface area contributed by atoms with Crippen LogP contribution in [0.15, 0.2) is 0 Å². The summed E-state index contributed by atoms with van der Waals surface area (Å²) in [5.74, 6) is 0.550. The fraction of sp³-hybridized carbons (Fsp3) is 0.917. The van der Waals surface area contributed by atoms with Gasteiger partial charge in [0.05, 0.1) is 6.10 Å². The van der Waals surface area contributed by atoms with Crippen molar-refractivity contribution in [1.29, 1.82) is 0 Å². The first-order valence-corrected chi connectivity index (χ1v) is 6.33. The van der Waals surface area contributed by atoms with Crippen LogP contribution in [0.3, 0.4) is 0 Å². The highest BCUT2D eigenvalue weighted by Crippen LogP contribution is 2.31. The van der Waals surface area contributed by atoms with Gasteiger partial charge in [-0.25, -0.2) is 0 Å². The molecule has 2 unspecified atom stereocenters. The number of hydrogen-bond acceptors (Lipinski definition) is 3. The molecular formula is C12H22N2O2. The molecular weight excluding hydrogens is 204 g/mol. The SMILES string of the molecule is CCC1CC(NCC2CC2)(C(N)=O)CCO1. The third-order valence-electron chi connectivity index (χ3n) is 3.81. The van der Waals surface area contributed by atoms with Crippen LogP contribution in [0.2, 0.25) is 0 Å². The summed E-state index contributed by atoms with van der Waals surface area (Å²) in [4.78, 5) is 11.7. The molecule has 3 N–H and O–H groups in total. The lowest BCUT2D eigenvalue weighted by Gasteiger charge is -2.39. The topological polar surface area (TPSA) is 64.3 Å². The second kappa shape index (κ2) is 4.72. The van der Waals surface area contributed by atoms with Crippen molar-refractivity contribution in [2.45, 2.75) is 50.7 Å². The molecule has 1 amide bonds. The molecule has 0 aromatic heterocycles. The van der Waals surface area contributed by atoms with E-state index in [1.54, 1.807) is 0 Å². The van der Waals surface area contributed by atoms with Crippen molar-refractivity contribution < 1.29 is 9.53 Å². The molecule has 4 heteroatoms. The van der Waals surface area contributed by atoms with Gasteiger partial charge in [0, 0.05) is 13.0 Å². The van der Waals surface area contributed by atoms with Crippen molar-refractivity contribution in [3.8, 4) is 0 Å². The minimum atomic E-state index is -0.512. The summed E-state index contributed by atoms with van der Waals surface area (Å²) >= 11 is 0. The maximum absolute atomic E-state index is 11.7. The number of rotatable bonds is 5. The van der Waals surface area contributed by atoms with Crippen LogP contribution in [0, 0.1) is 5.92 Å². The number of nitrogens with two attached hydrogens (primary N) is 1. The molecule has 2 rings (SSSR count).